The maximum absolute atomic E-state index is 13.5. The quantitative estimate of drug-likeness (QED) is 0.673. The lowest BCUT2D eigenvalue weighted by molar-refractivity contribution is -0.124. The summed E-state index contributed by atoms with van der Waals surface area (Å²) in [5.74, 6) is -1.93. The molecule has 0 aliphatic heterocycles. The molecule has 3 aromatic rings. The van der Waals surface area contributed by atoms with Crippen LogP contribution in [0.4, 0.5) is 19.1 Å². The molecule has 8 heteroatoms. The zero-order valence-corrected chi connectivity index (χ0v) is 12.8. The number of hydrogen-bond donors (Lipinski definition) is 0. The van der Waals surface area contributed by atoms with Crippen LogP contribution in [0.2, 0.25) is 0 Å². The molecule has 25 heavy (non-hydrogen) atoms. The number of anilines is 1. The molecule has 0 aliphatic rings. The van der Waals surface area contributed by atoms with Crippen LogP contribution in [0.15, 0.2) is 65.6 Å². The van der Waals surface area contributed by atoms with Crippen LogP contribution in [0.1, 0.15) is 21.5 Å². The number of carbonyl (C=O) groups is 1. The van der Waals surface area contributed by atoms with Gasteiger partial charge in [-0.1, -0.05) is 35.5 Å². The third-order valence-electron chi connectivity index (χ3n) is 3.43. The summed E-state index contributed by atoms with van der Waals surface area (Å²) in [7, 11) is 0. The number of halogens is 3. The highest BCUT2D eigenvalue weighted by molar-refractivity contribution is 6.05. The zero-order chi connectivity index (χ0) is 17.9. The number of amides is 1. The van der Waals surface area contributed by atoms with Gasteiger partial charge in [0, 0.05) is 24.4 Å². The van der Waals surface area contributed by atoms with Crippen molar-refractivity contribution in [1.82, 2.24) is 10.1 Å². The van der Waals surface area contributed by atoms with Gasteiger partial charge in [-0.3, -0.25) is 9.78 Å². The van der Waals surface area contributed by atoms with Gasteiger partial charge in [-0.25, -0.2) is 0 Å². The third-order valence-corrected chi connectivity index (χ3v) is 3.43. The number of alkyl halides is 3. The monoisotopic (exact) mass is 347 g/mol. The van der Waals surface area contributed by atoms with E-state index in [0.717, 1.165) is 11.8 Å². The molecule has 5 nitrogen and oxygen atoms in total. The van der Waals surface area contributed by atoms with Gasteiger partial charge in [0.15, 0.2) is 0 Å². The van der Waals surface area contributed by atoms with Crippen LogP contribution < -0.4 is 4.90 Å². The number of aromatic nitrogens is 2. The Labute approximate surface area is 140 Å². The van der Waals surface area contributed by atoms with E-state index in [1.165, 1.54) is 24.5 Å². The largest absolute Gasteiger partial charge is 0.494 e. The van der Waals surface area contributed by atoms with Gasteiger partial charge in [0.2, 0.25) is 5.88 Å². The van der Waals surface area contributed by atoms with Gasteiger partial charge in [0.05, 0.1) is 11.8 Å². The topological polar surface area (TPSA) is 59.2 Å². The summed E-state index contributed by atoms with van der Waals surface area (Å²) in [6.07, 6.45) is -1.22. The molecule has 0 radical (unpaired) electrons. The second-order valence-corrected chi connectivity index (χ2v) is 5.17. The van der Waals surface area contributed by atoms with E-state index in [2.05, 4.69) is 10.1 Å². The van der Waals surface area contributed by atoms with Crippen LogP contribution in [0, 0.1) is 0 Å². The highest BCUT2D eigenvalue weighted by atomic mass is 19.4. The maximum Gasteiger partial charge on any atom is 0.494 e. The molecule has 0 saturated carbocycles. The molecule has 0 spiro atoms. The molecule has 0 N–H and O–H groups in total. The molecule has 0 atom stereocenters. The van der Waals surface area contributed by atoms with Gasteiger partial charge >= 0.3 is 6.30 Å². The molecule has 1 amide bonds. The summed E-state index contributed by atoms with van der Waals surface area (Å²) in [6, 6.07) is 11.5. The number of hydrogen-bond acceptors (Lipinski definition) is 4. The minimum Gasteiger partial charge on any atom is -0.338 e. The van der Waals surface area contributed by atoms with Gasteiger partial charge < -0.3 is 4.52 Å². The normalized spacial score (nSPS) is 11.3. The van der Waals surface area contributed by atoms with Crippen molar-refractivity contribution in [1.29, 1.82) is 0 Å². The minimum absolute atomic E-state index is 0.145. The molecule has 2 aromatic heterocycles. The Bertz CT molecular complexity index is 848. The molecule has 1 aromatic carbocycles. The Morgan fingerprint density at radius 3 is 2.48 bits per heavy atom. The van der Waals surface area contributed by atoms with Crippen molar-refractivity contribution in [3.8, 4) is 0 Å². The van der Waals surface area contributed by atoms with E-state index in [9.17, 15) is 18.0 Å². The van der Waals surface area contributed by atoms with E-state index in [1.807, 2.05) is 0 Å². The van der Waals surface area contributed by atoms with Crippen LogP contribution in [0.5, 0.6) is 0 Å². The second kappa shape index (κ2) is 6.76. The van der Waals surface area contributed by atoms with Crippen molar-refractivity contribution >= 4 is 11.8 Å². The van der Waals surface area contributed by atoms with E-state index in [4.69, 9.17) is 4.52 Å². The summed E-state index contributed by atoms with van der Waals surface area (Å²) >= 11 is 0. The highest BCUT2D eigenvalue weighted by Gasteiger charge is 2.46. The average molecular weight is 347 g/mol. The molecular formula is C17H12F3N3O2. The van der Waals surface area contributed by atoms with E-state index in [-0.39, 0.29) is 22.4 Å². The van der Waals surface area contributed by atoms with Crippen molar-refractivity contribution in [2.75, 3.05) is 4.90 Å². The fourth-order valence-corrected chi connectivity index (χ4v) is 2.32. The summed E-state index contributed by atoms with van der Waals surface area (Å²) in [6.45, 7) is 0. The molecule has 0 unspecified atom stereocenters. The van der Waals surface area contributed by atoms with Gasteiger partial charge in [0.1, 0.15) is 0 Å². The van der Waals surface area contributed by atoms with E-state index in [1.54, 1.807) is 30.3 Å². The molecule has 128 valence electrons. The number of rotatable bonds is 4. The fraction of sp³-hybridized carbons (Fsp3) is 0.118. The van der Waals surface area contributed by atoms with Crippen molar-refractivity contribution in [3.05, 3.63) is 77.7 Å². The van der Waals surface area contributed by atoms with Crippen LogP contribution in [-0.4, -0.2) is 22.3 Å². The van der Waals surface area contributed by atoms with Crippen molar-refractivity contribution < 1.29 is 22.5 Å². The molecule has 0 fully saturated rings. The SMILES string of the molecule is O=C(c1cccnc1)N(c1oncc1Cc1ccccc1)C(F)(F)F. The van der Waals surface area contributed by atoms with Crippen molar-refractivity contribution in [2.45, 2.75) is 12.7 Å². The van der Waals surface area contributed by atoms with Gasteiger partial charge in [0.25, 0.3) is 5.91 Å². The number of nitrogens with zero attached hydrogens (tertiary/aromatic N) is 3. The van der Waals surface area contributed by atoms with Crippen LogP contribution >= 0.6 is 0 Å². The molecule has 3 rings (SSSR count). The fourth-order valence-electron chi connectivity index (χ4n) is 2.32. The third kappa shape index (κ3) is 3.68. The Morgan fingerprint density at radius 1 is 1.08 bits per heavy atom. The van der Waals surface area contributed by atoms with Crippen LogP contribution in [0.25, 0.3) is 0 Å². The standard InChI is InChI=1S/C17H12F3N3O2/c18-17(19,20)23(15(24)13-7-4-8-21-10-13)16-14(11-22-25-16)9-12-5-2-1-3-6-12/h1-8,10-11H,9H2. The van der Waals surface area contributed by atoms with E-state index < -0.39 is 18.1 Å². The molecule has 2 heterocycles. The van der Waals surface area contributed by atoms with Gasteiger partial charge in [-0.15, -0.1) is 13.2 Å². The first kappa shape index (κ1) is 16.7. The van der Waals surface area contributed by atoms with Crippen molar-refractivity contribution in [2.24, 2.45) is 0 Å². The second-order valence-electron chi connectivity index (χ2n) is 5.17. The minimum atomic E-state index is -4.97. The Balaban J connectivity index is 1.99. The number of carbonyl (C=O) groups excluding carboxylic acids is 1. The number of pyridine rings is 1. The first-order valence-electron chi connectivity index (χ1n) is 7.25. The van der Waals surface area contributed by atoms with Gasteiger partial charge in [-0.2, -0.15) is 4.90 Å². The van der Waals surface area contributed by atoms with E-state index >= 15 is 0 Å². The lowest BCUT2D eigenvalue weighted by atomic mass is 10.1. The first-order chi connectivity index (χ1) is 12.0. The van der Waals surface area contributed by atoms with Gasteiger partial charge in [-0.05, 0) is 17.7 Å². The summed E-state index contributed by atoms with van der Waals surface area (Å²) in [5.41, 5.74) is 0.713. The Morgan fingerprint density at radius 2 is 1.84 bits per heavy atom. The number of benzene rings is 1. The van der Waals surface area contributed by atoms with Crippen LogP contribution in [-0.2, 0) is 6.42 Å². The molecule has 0 saturated heterocycles. The first-order valence-corrected chi connectivity index (χ1v) is 7.25. The summed E-state index contributed by atoms with van der Waals surface area (Å²) in [4.78, 5) is 15.7. The van der Waals surface area contributed by atoms with Crippen molar-refractivity contribution in [3.63, 3.8) is 0 Å². The summed E-state index contributed by atoms with van der Waals surface area (Å²) < 4.78 is 45.4. The zero-order valence-electron chi connectivity index (χ0n) is 12.8. The molecular weight excluding hydrogens is 335 g/mol. The molecule has 0 bridgehead atoms. The lowest BCUT2D eigenvalue weighted by Crippen LogP contribution is -2.43. The predicted octanol–water partition coefficient (Wildman–Crippen LogP) is 3.83. The smallest absolute Gasteiger partial charge is 0.338 e. The maximum atomic E-state index is 13.5. The Hall–Kier alpha value is -3.16. The van der Waals surface area contributed by atoms with E-state index in [0.29, 0.717) is 0 Å². The predicted molar refractivity (Wildman–Crippen MR) is 82.9 cm³/mol. The lowest BCUT2D eigenvalue weighted by Gasteiger charge is -2.22. The molecule has 0 aliphatic carbocycles. The van der Waals surface area contributed by atoms with Crippen LogP contribution in [0.3, 0.4) is 0 Å². The summed E-state index contributed by atoms with van der Waals surface area (Å²) in [5, 5.41) is 3.44. The Kier molecular flexibility index (Phi) is 4.51. The highest BCUT2D eigenvalue weighted by Crippen LogP contribution is 2.33. The average Bonchev–Trinajstić information content (AvgIpc) is 3.03.